The number of fused-ring (bicyclic) bond motifs is 1. The number of aryl methyl sites for hydroxylation is 3. The number of carbonyl (C=O) groups is 1. The Morgan fingerprint density at radius 2 is 1.88 bits per heavy atom. The Morgan fingerprint density at radius 3 is 2.72 bits per heavy atom. The van der Waals surface area contributed by atoms with Crippen molar-refractivity contribution < 1.29 is 9.53 Å². The molecule has 2 heterocycles. The van der Waals surface area contributed by atoms with Gasteiger partial charge < -0.3 is 14.6 Å². The van der Waals surface area contributed by atoms with Crippen LogP contribution in [0.5, 0.6) is 5.75 Å². The third kappa shape index (κ3) is 5.14. The van der Waals surface area contributed by atoms with Crippen LogP contribution in [0.25, 0.3) is 11.0 Å². The molecule has 4 aromatic rings. The van der Waals surface area contributed by atoms with Crippen LogP contribution in [0.15, 0.2) is 67.0 Å². The molecule has 32 heavy (non-hydrogen) atoms. The van der Waals surface area contributed by atoms with E-state index in [-0.39, 0.29) is 5.91 Å². The van der Waals surface area contributed by atoms with E-state index in [0.29, 0.717) is 25.3 Å². The molecule has 0 atom stereocenters. The molecule has 0 aliphatic heterocycles. The summed E-state index contributed by atoms with van der Waals surface area (Å²) in [4.78, 5) is 21.0. The summed E-state index contributed by atoms with van der Waals surface area (Å²) in [5, 5.41) is 2.97. The highest BCUT2D eigenvalue weighted by atomic mass is 16.5. The minimum Gasteiger partial charge on any atom is -0.491 e. The number of hydrogen-bond acceptors (Lipinski definition) is 4. The fourth-order valence-corrected chi connectivity index (χ4v) is 3.73. The van der Waals surface area contributed by atoms with Crippen LogP contribution in [0.1, 0.15) is 33.7 Å². The molecule has 0 fully saturated rings. The molecular formula is C26H28N4O2. The number of nitrogens with one attached hydrogen (secondary N) is 1. The lowest BCUT2D eigenvalue weighted by Gasteiger charge is -2.13. The van der Waals surface area contributed by atoms with Gasteiger partial charge in [-0.25, -0.2) is 4.98 Å². The number of imidazole rings is 1. The van der Waals surface area contributed by atoms with Gasteiger partial charge in [0.15, 0.2) is 0 Å². The molecule has 1 amide bonds. The molecule has 0 saturated heterocycles. The van der Waals surface area contributed by atoms with E-state index >= 15 is 0 Å². The highest BCUT2D eigenvalue weighted by Crippen LogP contribution is 2.20. The molecule has 2 aromatic heterocycles. The number of ether oxygens (including phenoxy) is 1. The van der Waals surface area contributed by atoms with Crippen LogP contribution >= 0.6 is 0 Å². The van der Waals surface area contributed by atoms with Gasteiger partial charge in [-0.05, 0) is 61.7 Å². The van der Waals surface area contributed by atoms with Gasteiger partial charge >= 0.3 is 0 Å². The van der Waals surface area contributed by atoms with E-state index in [1.54, 1.807) is 24.5 Å². The van der Waals surface area contributed by atoms with E-state index in [1.807, 2.05) is 18.2 Å². The van der Waals surface area contributed by atoms with Crippen LogP contribution in [-0.2, 0) is 13.0 Å². The lowest BCUT2D eigenvalue weighted by Crippen LogP contribution is -2.25. The maximum absolute atomic E-state index is 12.2. The zero-order valence-electron chi connectivity index (χ0n) is 18.5. The minimum atomic E-state index is -0.0807. The van der Waals surface area contributed by atoms with Gasteiger partial charge in [0.2, 0.25) is 0 Å². The number of aromatic nitrogens is 3. The highest BCUT2D eigenvalue weighted by Gasteiger charge is 2.11. The van der Waals surface area contributed by atoms with Crippen LogP contribution in [-0.4, -0.2) is 33.6 Å². The average molecular weight is 429 g/mol. The Kier molecular flexibility index (Phi) is 6.80. The SMILES string of the molecule is Cc1ccc(C)c(OCCn2c(CCCNC(=O)c3ccncc3)nc3ccccc32)c1. The predicted molar refractivity (Wildman–Crippen MR) is 126 cm³/mol. The summed E-state index contributed by atoms with van der Waals surface area (Å²) in [6.07, 6.45) is 4.82. The molecule has 0 bridgehead atoms. The molecule has 0 aliphatic carbocycles. The third-order valence-electron chi connectivity index (χ3n) is 5.45. The molecule has 1 N–H and O–H groups in total. The first-order valence-corrected chi connectivity index (χ1v) is 10.9. The number of hydrogen-bond donors (Lipinski definition) is 1. The van der Waals surface area contributed by atoms with Crippen LogP contribution in [0, 0.1) is 13.8 Å². The first-order valence-electron chi connectivity index (χ1n) is 10.9. The summed E-state index contributed by atoms with van der Waals surface area (Å²) in [6, 6.07) is 17.8. The van der Waals surface area contributed by atoms with E-state index in [1.165, 1.54) is 5.56 Å². The molecule has 164 valence electrons. The van der Waals surface area contributed by atoms with Crippen molar-refractivity contribution >= 4 is 16.9 Å². The number of nitrogens with zero attached hydrogens (tertiary/aromatic N) is 3. The molecule has 0 radical (unpaired) electrons. The van der Waals surface area contributed by atoms with Gasteiger partial charge in [-0.3, -0.25) is 9.78 Å². The van der Waals surface area contributed by atoms with Crippen molar-refractivity contribution in [3.63, 3.8) is 0 Å². The zero-order chi connectivity index (χ0) is 22.3. The van der Waals surface area contributed by atoms with Gasteiger partial charge in [-0.2, -0.15) is 0 Å². The average Bonchev–Trinajstić information content (AvgIpc) is 3.17. The summed E-state index contributed by atoms with van der Waals surface area (Å²) in [6.45, 7) is 6.00. The van der Waals surface area contributed by atoms with Crippen molar-refractivity contribution in [1.82, 2.24) is 19.9 Å². The fourth-order valence-electron chi connectivity index (χ4n) is 3.73. The second-order valence-corrected chi connectivity index (χ2v) is 7.88. The third-order valence-corrected chi connectivity index (χ3v) is 5.45. The topological polar surface area (TPSA) is 69.0 Å². The van der Waals surface area contributed by atoms with Crippen molar-refractivity contribution in [3.05, 3.63) is 89.5 Å². The number of rotatable bonds is 9. The van der Waals surface area contributed by atoms with E-state index in [9.17, 15) is 4.79 Å². The summed E-state index contributed by atoms with van der Waals surface area (Å²) in [7, 11) is 0. The molecule has 4 rings (SSSR count). The van der Waals surface area contributed by atoms with Crippen molar-refractivity contribution in [1.29, 1.82) is 0 Å². The van der Waals surface area contributed by atoms with E-state index < -0.39 is 0 Å². The standard InChI is InChI=1S/C26H28N4O2/c1-19-9-10-20(2)24(18-19)32-17-16-30-23-7-4-3-6-22(23)29-25(30)8-5-13-28-26(31)21-11-14-27-15-12-21/h3-4,6-7,9-12,14-15,18H,5,8,13,16-17H2,1-2H3,(H,28,31). The number of amides is 1. The molecule has 6 nitrogen and oxygen atoms in total. The molecule has 0 saturated carbocycles. The minimum absolute atomic E-state index is 0.0807. The molecule has 0 spiro atoms. The van der Waals surface area contributed by atoms with Gasteiger partial charge in [-0.15, -0.1) is 0 Å². The predicted octanol–water partition coefficient (Wildman–Crippen LogP) is 4.49. The monoisotopic (exact) mass is 428 g/mol. The van der Waals surface area contributed by atoms with Crippen molar-refractivity contribution in [2.24, 2.45) is 0 Å². The van der Waals surface area contributed by atoms with Crippen LogP contribution < -0.4 is 10.1 Å². The van der Waals surface area contributed by atoms with Crippen molar-refractivity contribution in [2.75, 3.05) is 13.2 Å². The van der Waals surface area contributed by atoms with Gasteiger partial charge in [0.25, 0.3) is 5.91 Å². The Morgan fingerprint density at radius 1 is 1.06 bits per heavy atom. The van der Waals surface area contributed by atoms with Crippen molar-refractivity contribution in [2.45, 2.75) is 33.2 Å². The molecule has 0 aliphatic rings. The Bertz CT molecular complexity index is 1200. The Labute approximate surface area is 188 Å². The second kappa shape index (κ2) is 10.1. The largest absolute Gasteiger partial charge is 0.491 e. The number of carbonyl (C=O) groups excluding carboxylic acids is 1. The van der Waals surface area contributed by atoms with Crippen molar-refractivity contribution in [3.8, 4) is 5.75 Å². The zero-order valence-corrected chi connectivity index (χ0v) is 18.5. The fraction of sp³-hybridized carbons (Fsp3) is 0.269. The first-order chi connectivity index (χ1) is 15.6. The van der Waals surface area contributed by atoms with E-state index in [2.05, 4.69) is 53.0 Å². The van der Waals surface area contributed by atoms with Crippen LogP contribution in [0.3, 0.4) is 0 Å². The lowest BCUT2D eigenvalue weighted by atomic mass is 10.1. The van der Waals surface area contributed by atoms with Gasteiger partial charge in [0.1, 0.15) is 18.2 Å². The van der Waals surface area contributed by atoms with Crippen LogP contribution in [0.4, 0.5) is 0 Å². The lowest BCUT2D eigenvalue weighted by molar-refractivity contribution is 0.0953. The molecule has 0 unspecified atom stereocenters. The number of pyridine rings is 1. The Balaban J connectivity index is 1.39. The van der Waals surface area contributed by atoms with Gasteiger partial charge in [-0.1, -0.05) is 24.3 Å². The quantitative estimate of drug-likeness (QED) is 0.399. The normalized spacial score (nSPS) is 10.9. The van der Waals surface area contributed by atoms with Gasteiger partial charge in [0, 0.05) is 30.9 Å². The summed E-state index contributed by atoms with van der Waals surface area (Å²) in [5.74, 6) is 1.85. The Hall–Kier alpha value is -3.67. The summed E-state index contributed by atoms with van der Waals surface area (Å²) < 4.78 is 8.32. The summed E-state index contributed by atoms with van der Waals surface area (Å²) in [5.41, 5.74) is 5.03. The molecular weight excluding hydrogens is 400 g/mol. The number of benzene rings is 2. The first kappa shape index (κ1) is 21.6. The second-order valence-electron chi connectivity index (χ2n) is 7.88. The van der Waals surface area contributed by atoms with Gasteiger partial charge in [0.05, 0.1) is 17.6 Å². The maximum atomic E-state index is 12.2. The van der Waals surface area contributed by atoms with E-state index in [0.717, 1.165) is 41.0 Å². The summed E-state index contributed by atoms with van der Waals surface area (Å²) >= 11 is 0. The van der Waals surface area contributed by atoms with Crippen LogP contribution in [0.2, 0.25) is 0 Å². The molecule has 6 heteroatoms. The smallest absolute Gasteiger partial charge is 0.251 e. The molecule has 2 aromatic carbocycles. The highest BCUT2D eigenvalue weighted by molar-refractivity contribution is 5.93. The van der Waals surface area contributed by atoms with E-state index in [4.69, 9.17) is 9.72 Å². The maximum Gasteiger partial charge on any atom is 0.251 e. The number of para-hydroxylation sites is 2.